The van der Waals surface area contributed by atoms with Gasteiger partial charge in [0.2, 0.25) is 0 Å². The quantitative estimate of drug-likeness (QED) is 0.202. The van der Waals surface area contributed by atoms with E-state index in [0.29, 0.717) is 5.56 Å². The van der Waals surface area contributed by atoms with E-state index in [4.69, 9.17) is 14.0 Å². The first-order chi connectivity index (χ1) is 20.7. The zero-order chi connectivity index (χ0) is 29.6. The molecule has 5 heteroatoms. The molecule has 0 radical (unpaired) electrons. The number of benzene rings is 5. The minimum atomic E-state index is -0.637. The highest BCUT2D eigenvalue weighted by Crippen LogP contribution is 2.62. The number of ether oxygens (including phenoxy) is 1. The topological polar surface area (TPSA) is 51.5 Å². The molecule has 0 bridgehead atoms. The van der Waals surface area contributed by atoms with Crippen LogP contribution in [-0.2, 0) is 14.7 Å². The van der Waals surface area contributed by atoms with Crippen molar-refractivity contribution in [3.8, 4) is 39.8 Å². The summed E-state index contributed by atoms with van der Waals surface area (Å²) in [4.78, 5) is 0. The maximum Gasteiger partial charge on any atom is 0.494 e. The van der Waals surface area contributed by atoms with Gasteiger partial charge in [-0.15, -0.1) is 0 Å². The maximum absolute atomic E-state index is 9.94. The van der Waals surface area contributed by atoms with Gasteiger partial charge in [0.1, 0.15) is 11.5 Å². The fourth-order valence-corrected chi connectivity index (χ4v) is 6.99. The minimum Gasteiger partial charge on any atom is -0.457 e. The van der Waals surface area contributed by atoms with Crippen LogP contribution < -0.4 is 10.2 Å². The van der Waals surface area contributed by atoms with Gasteiger partial charge in [0.05, 0.1) is 28.2 Å². The highest BCUT2D eigenvalue weighted by Gasteiger charge is 2.53. The minimum absolute atomic E-state index is 0.411. The molecule has 1 spiro atoms. The molecular weight excluding hydrogens is 529 g/mol. The van der Waals surface area contributed by atoms with Crippen molar-refractivity contribution in [3.63, 3.8) is 0 Å². The van der Waals surface area contributed by atoms with E-state index in [1.165, 1.54) is 5.56 Å². The summed E-state index contributed by atoms with van der Waals surface area (Å²) in [7, 11) is -0.436. The molecule has 2 heterocycles. The smallest absolute Gasteiger partial charge is 0.457 e. The largest absolute Gasteiger partial charge is 0.494 e. The SMILES string of the molecule is CC1(C)OB(c2cccc(-c3ccc4c(c3)C3(c5ccccc5Oc5ccccc53)c3cc(C#N)ccc3-4)c2)OC1(C)C. The van der Waals surface area contributed by atoms with Crippen LogP contribution in [0.2, 0.25) is 0 Å². The lowest BCUT2D eigenvalue weighted by molar-refractivity contribution is 0.00578. The van der Waals surface area contributed by atoms with Gasteiger partial charge in [0.15, 0.2) is 0 Å². The summed E-state index contributed by atoms with van der Waals surface area (Å²) in [5.74, 6) is 1.66. The first kappa shape index (κ1) is 26.0. The van der Waals surface area contributed by atoms with Gasteiger partial charge in [-0.3, -0.25) is 0 Å². The summed E-state index contributed by atoms with van der Waals surface area (Å²) in [5, 5.41) is 9.94. The van der Waals surface area contributed by atoms with E-state index < -0.39 is 23.7 Å². The third-order valence-corrected chi connectivity index (χ3v) is 9.81. The van der Waals surface area contributed by atoms with E-state index in [0.717, 1.165) is 55.9 Å². The molecular formula is C38H30BNO3. The van der Waals surface area contributed by atoms with Crippen molar-refractivity contribution in [2.45, 2.75) is 44.3 Å². The lowest BCUT2D eigenvalue weighted by Crippen LogP contribution is -2.41. The van der Waals surface area contributed by atoms with E-state index in [1.54, 1.807) is 0 Å². The molecule has 0 atom stereocenters. The van der Waals surface area contributed by atoms with Gasteiger partial charge < -0.3 is 14.0 Å². The Hall–Kier alpha value is -4.63. The van der Waals surface area contributed by atoms with Crippen molar-refractivity contribution in [1.29, 1.82) is 5.26 Å². The summed E-state index contributed by atoms with van der Waals surface area (Å²) in [5.41, 5.74) is 9.11. The monoisotopic (exact) mass is 559 g/mol. The number of fused-ring (bicyclic) bond motifs is 9. The van der Waals surface area contributed by atoms with Crippen LogP contribution in [0, 0.1) is 11.3 Å². The Labute approximate surface area is 252 Å². The lowest BCUT2D eigenvalue weighted by atomic mass is 9.65. The third kappa shape index (κ3) is 3.58. The van der Waals surface area contributed by atoms with Crippen LogP contribution in [0.3, 0.4) is 0 Å². The number of rotatable bonds is 2. The van der Waals surface area contributed by atoms with Crippen LogP contribution in [0.4, 0.5) is 0 Å². The Morgan fingerprint density at radius 1 is 0.581 bits per heavy atom. The molecule has 4 nitrogen and oxygen atoms in total. The van der Waals surface area contributed by atoms with E-state index in [2.05, 4.69) is 113 Å². The molecule has 0 amide bonds. The molecule has 43 heavy (non-hydrogen) atoms. The van der Waals surface area contributed by atoms with Crippen LogP contribution in [0.5, 0.6) is 11.5 Å². The van der Waals surface area contributed by atoms with E-state index in [-0.39, 0.29) is 0 Å². The highest BCUT2D eigenvalue weighted by molar-refractivity contribution is 6.62. The number of nitrogens with zero attached hydrogens (tertiary/aromatic N) is 1. The van der Waals surface area contributed by atoms with E-state index in [1.807, 2.05) is 30.3 Å². The molecule has 3 aliphatic rings. The summed E-state index contributed by atoms with van der Waals surface area (Å²) >= 11 is 0. The summed E-state index contributed by atoms with van der Waals surface area (Å²) < 4.78 is 19.2. The summed E-state index contributed by atoms with van der Waals surface area (Å²) in [6.45, 7) is 8.32. The Morgan fingerprint density at radius 3 is 1.81 bits per heavy atom. The standard InChI is InChI=1S/C38H30BNO3/c1-36(2)37(3,4)43-39(42-36)27-11-9-10-25(21-27)26-17-19-29-28-18-16-24(23-40)20-32(28)38(33(29)22-26)30-12-5-7-14-34(30)41-35-15-8-6-13-31(35)38/h5-22H,1-4H3. The lowest BCUT2D eigenvalue weighted by Gasteiger charge is -2.39. The molecule has 0 saturated carbocycles. The van der Waals surface area contributed by atoms with Crippen molar-refractivity contribution in [3.05, 3.63) is 137 Å². The molecule has 1 saturated heterocycles. The van der Waals surface area contributed by atoms with Crippen LogP contribution in [-0.4, -0.2) is 18.3 Å². The Balaban J connectivity index is 1.36. The van der Waals surface area contributed by atoms with Crippen molar-refractivity contribution >= 4 is 12.6 Å². The second-order valence-electron chi connectivity index (χ2n) is 12.7. The predicted molar refractivity (Wildman–Crippen MR) is 170 cm³/mol. The van der Waals surface area contributed by atoms with Gasteiger partial charge in [-0.05, 0) is 96.9 Å². The first-order valence-electron chi connectivity index (χ1n) is 14.8. The molecule has 5 aromatic rings. The molecule has 2 aliphatic heterocycles. The molecule has 0 unspecified atom stereocenters. The molecule has 5 aromatic carbocycles. The fraction of sp³-hybridized carbons (Fsp3) is 0.184. The number of hydrogen-bond acceptors (Lipinski definition) is 4. The fourth-order valence-electron chi connectivity index (χ4n) is 6.99. The molecule has 8 rings (SSSR count). The van der Waals surface area contributed by atoms with Crippen molar-refractivity contribution < 1.29 is 14.0 Å². The second kappa shape index (κ2) is 8.94. The number of nitriles is 1. The van der Waals surface area contributed by atoms with E-state index >= 15 is 0 Å². The Kier molecular flexibility index (Phi) is 5.41. The second-order valence-corrected chi connectivity index (χ2v) is 12.7. The average Bonchev–Trinajstić information content (AvgIpc) is 3.43. The van der Waals surface area contributed by atoms with E-state index in [9.17, 15) is 5.26 Å². The predicted octanol–water partition coefficient (Wildman–Crippen LogP) is 7.99. The first-order valence-corrected chi connectivity index (χ1v) is 14.8. The van der Waals surface area contributed by atoms with Crippen molar-refractivity contribution in [2.24, 2.45) is 0 Å². The Morgan fingerprint density at radius 2 is 1.16 bits per heavy atom. The molecule has 1 aliphatic carbocycles. The van der Waals surface area contributed by atoms with Crippen molar-refractivity contribution in [2.75, 3.05) is 0 Å². The van der Waals surface area contributed by atoms with Gasteiger partial charge in [0.25, 0.3) is 0 Å². The molecule has 208 valence electrons. The molecule has 0 aromatic heterocycles. The average molecular weight is 559 g/mol. The maximum atomic E-state index is 9.94. The van der Waals surface area contributed by atoms with Gasteiger partial charge >= 0.3 is 7.12 Å². The van der Waals surface area contributed by atoms with Gasteiger partial charge in [-0.1, -0.05) is 78.9 Å². The number of hydrogen-bond donors (Lipinski definition) is 0. The third-order valence-electron chi connectivity index (χ3n) is 9.81. The van der Waals surface area contributed by atoms with Gasteiger partial charge in [-0.25, -0.2) is 0 Å². The van der Waals surface area contributed by atoms with Crippen LogP contribution in [0.1, 0.15) is 55.5 Å². The Bertz CT molecular complexity index is 1940. The summed E-state index contributed by atoms with van der Waals surface area (Å²) in [6, 6.07) is 40.2. The zero-order valence-corrected chi connectivity index (χ0v) is 24.6. The van der Waals surface area contributed by atoms with Gasteiger partial charge in [0, 0.05) is 11.1 Å². The number of para-hydroxylation sites is 2. The van der Waals surface area contributed by atoms with Crippen LogP contribution in [0.25, 0.3) is 22.3 Å². The normalized spacial score (nSPS) is 17.8. The zero-order valence-electron chi connectivity index (χ0n) is 24.6. The van der Waals surface area contributed by atoms with Gasteiger partial charge in [-0.2, -0.15) is 5.26 Å². The molecule has 1 fully saturated rings. The van der Waals surface area contributed by atoms with Crippen molar-refractivity contribution in [1.82, 2.24) is 0 Å². The van der Waals surface area contributed by atoms with Crippen LogP contribution >= 0.6 is 0 Å². The molecule has 0 N–H and O–H groups in total. The summed E-state index contributed by atoms with van der Waals surface area (Å²) in [6.07, 6.45) is 0. The van der Waals surface area contributed by atoms with Crippen LogP contribution in [0.15, 0.2) is 109 Å². The highest BCUT2D eigenvalue weighted by atomic mass is 16.7.